The van der Waals surface area contributed by atoms with E-state index in [0.29, 0.717) is 5.75 Å². The molecule has 0 aliphatic heterocycles. The smallest absolute Gasteiger partial charge is 0.343 e. The fourth-order valence-electron chi connectivity index (χ4n) is 1.27. The summed E-state index contributed by atoms with van der Waals surface area (Å²) in [6.07, 6.45) is 1.35. The number of hydrogen-bond donors (Lipinski definition) is 0. The number of halogens is 1. The Morgan fingerprint density at radius 3 is 2.61 bits per heavy atom. The molecule has 0 saturated heterocycles. The molecule has 0 radical (unpaired) electrons. The maximum absolute atomic E-state index is 12.7. The lowest BCUT2D eigenvalue weighted by Gasteiger charge is -2.07. The molecule has 0 fully saturated rings. The van der Waals surface area contributed by atoms with Gasteiger partial charge in [-0.15, -0.1) is 5.10 Å². The van der Waals surface area contributed by atoms with Crippen molar-refractivity contribution in [2.24, 2.45) is 0 Å². The minimum atomic E-state index is -0.581. The summed E-state index contributed by atoms with van der Waals surface area (Å²) in [5.74, 6) is -0.602. The van der Waals surface area contributed by atoms with Gasteiger partial charge in [-0.05, 0) is 30.3 Å². The quantitative estimate of drug-likeness (QED) is 0.779. The van der Waals surface area contributed by atoms with Crippen molar-refractivity contribution in [1.82, 2.24) is 10.2 Å². The molecular formula is C12H9FN2O3. The molecule has 1 heterocycles. The summed E-state index contributed by atoms with van der Waals surface area (Å²) < 4.78 is 22.7. The number of carbonyl (C=O) groups is 1. The second-order valence-corrected chi connectivity index (χ2v) is 3.30. The van der Waals surface area contributed by atoms with E-state index in [0.717, 1.165) is 0 Å². The van der Waals surface area contributed by atoms with Gasteiger partial charge in [-0.1, -0.05) is 0 Å². The Bertz CT molecular complexity index is 558. The maximum Gasteiger partial charge on any atom is 0.343 e. The highest BCUT2D eigenvalue weighted by molar-refractivity contribution is 5.91. The highest BCUT2D eigenvalue weighted by Crippen LogP contribution is 2.22. The molecule has 2 aromatic rings. The van der Waals surface area contributed by atoms with Crippen LogP contribution in [-0.4, -0.2) is 23.3 Å². The fourth-order valence-corrected chi connectivity index (χ4v) is 1.27. The lowest BCUT2D eigenvalue weighted by molar-refractivity contribution is 0.0596. The molecule has 0 N–H and O–H groups in total. The zero-order valence-corrected chi connectivity index (χ0v) is 9.46. The van der Waals surface area contributed by atoms with Gasteiger partial charge < -0.3 is 9.47 Å². The van der Waals surface area contributed by atoms with Gasteiger partial charge in [0, 0.05) is 0 Å². The van der Waals surface area contributed by atoms with Gasteiger partial charge in [-0.3, -0.25) is 0 Å². The third-order valence-electron chi connectivity index (χ3n) is 2.12. The van der Waals surface area contributed by atoms with E-state index in [4.69, 9.17) is 4.74 Å². The third kappa shape index (κ3) is 2.60. The average molecular weight is 248 g/mol. The van der Waals surface area contributed by atoms with E-state index in [1.807, 2.05) is 0 Å². The number of hydrogen-bond acceptors (Lipinski definition) is 5. The SMILES string of the molecule is COC(=O)c1ccnnc1Oc1ccc(F)cc1. The zero-order chi connectivity index (χ0) is 13.0. The monoisotopic (exact) mass is 248 g/mol. The number of benzene rings is 1. The van der Waals surface area contributed by atoms with Crippen molar-refractivity contribution in [3.63, 3.8) is 0 Å². The zero-order valence-electron chi connectivity index (χ0n) is 9.46. The lowest BCUT2D eigenvalue weighted by atomic mass is 10.3. The Morgan fingerprint density at radius 1 is 1.22 bits per heavy atom. The molecule has 0 spiro atoms. The van der Waals surface area contributed by atoms with E-state index in [1.165, 1.54) is 43.6 Å². The first-order chi connectivity index (χ1) is 8.70. The number of esters is 1. The molecule has 92 valence electrons. The van der Waals surface area contributed by atoms with Gasteiger partial charge in [-0.2, -0.15) is 5.10 Å². The maximum atomic E-state index is 12.7. The number of ether oxygens (including phenoxy) is 2. The van der Waals surface area contributed by atoms with Crippen LogP contribution in [0.4, 0.5) is 4.39 Å². The van der Waals surface area contributed by atoms with Crippen molar-refractivity contribution in [2.45, 2.75) is 0 Å². The van der Waals surface area contributed by atoms with Gasteiger partial charge in [0.1, 0.15) is 17.1 Å². The predicted octanol–water partition coefficient (Wildman–Crippen LogP) is 2.19. The predicted molar refractivity (Wildman–Crippen MR) is 59.8 cm³/mol. The molecule has 0 unspecified atom stereocenters. The Morgan fingerprint density at radius 2 is 1.94 bits per heavy atom. The molecule has 0 amide bonds. The highest BCUT2D eigenvalue weighted by atomic mass is 19.1. The standard InChI is InChI=1S/C12H9FN2O3/c1-17-12(16)10-6-7-14-15-11(10)18-9-4-2-8(13)3-5-9/h2-7H,1H3. The number of methoxy groups -OCH3 is 1. The molecule has 0 atom stereocenters. The number of nitrogens with zero attached hydrogens (tertiary/aromatic N) is 2. The van der Waals surface area contributed by atoms with Crippen molar-refractivity contribution in [2.75, 3.05) is 7.11 Å². The van der Waals surface area contributed by atoms with E-state index >= 15 is 0 Å². The summed E-state index contributed by atoms with van der Waals surface area (Å²) >= 11 is 0. The van der Waals surface area contributed by atoms with E-state index in [1.54, 1.807) is 0 Å². The van der Waals surface area contributed by atoms with Crippen LogP contribution < -0.4 is 4.74 Å². The van der Waals surface area contributed by atoms with E-state index in [9.17, 15) is 9.18 Å². The first-order valence-electron chi connectivity index (χ1n) is 5.04. The van der Waals surface area contributed by atoms with Crippen LogP contribution in [0.25, 0.3) is 0 Å². The van der Waals surface area contributed by atoms with Gasteiger partial charge in [0.2, 0.25) is 0 Å². The number of carbonyl (C=O) groups excluding carboxylic acids is 1. The molecule has 0 aliphatic rings. The molecule has 0 saturated carbocycles. The van der Waals surface area contributed by atoms with Crippen LogP contribution in [0.2, 0.25) is 0 Å². The molecule has 18 heavy (non-hydrogen) atoms. The minimum absolute atomic E-state index is 0.0101. The lowest BCUT2D eigenvalue weighted by Crippen LogP contribution is -2.05. The summed E-state index contributed by atoms with van der Waals surface area (Å²) in [5.41, 5.74) is 0.150. The Labute approximate surface area is 102 Å². The molecule has 0 aliphatic carbocycles. The summed E-state index contributed by atoms with van der Waals surface area (Å²) in [6.45, 7) is 0. The molecule has 0 bridgehead atoms. The van der Waals surface area contributed by atoms with Crippen molar-refractivity contribution >= 4 is 5.97 Å². The van der Waals surface area contributed by atoms with Crippen LogP contribution in [0.15, 0.2) is 36.5 Å². The Balaban J connectivity index is 2.28. The molecule has 1 aromatic heterocycles. The van der Waals surface area contributed by atoms with E-state index in [-0.39, 0.29) is 17.3 Å². The minimum Gasteiger partial charge on any atom is -0.465 e. The molecule has 2 rings (SSSR count). The topological polar surface area (TPSA) is 61.3 Å². The van der Waals surface area contributed by atoms with E-state index < -0.39 is 5.97 Å². The average Bonchev–Trinajstić information content (AvgIpc) is 2.41. The van der Waals surface area contributed by atoms with Crippen LogP contribution in [-0.2, 0) is 4.74 Å². The van der Waals surface area contributed by atoms with Crippen molar-refractivity contribution < 1.29 is 18.7 Å². The second-order valence-electron chi connectivity index (χ2n) is 3.30. The molecule has 6 heteroatoms. The fraction of sp³-hybridized carbons (Fsp3) is 0.0833. The first-order valence-corrected chi connectivity index (χ1v) is 5.04. The van der Waals surface area contributed by atoms with Gasteiger partial charge in [0.05, 0.1) is 13.3 Å². The Kier molecular flexibility index (Phi) is 3.47. The van der Waals surface area contributed by atoms with Crippen molar-refractivity contribution in [3.8, 4) is 11.6 Å². The van der Waals surface area contributed by atoms with Gasteiger partial charge in [0.25, 0.3) is 5.88 Å². The van der Waals surface area contributed by atoms with Crippen LogP contribution in [0.3, 0.4) is 0 Å². The largest absolute Gasteiger partial charge is 0.465 e. The summed E-state index contributed by atoms with van der Waals surface area (Å²) in [6, 6.07) is 6.75. The van der Waals surface area contributed by atoms with Crippen molar-refractivity contribution in [1.29, 1.82) is 0 Å². The molecule has 1 aromatic carbocycles. The molecular weight excluding hydrogens is 239 g/mol. The second kappa shape index (κ2) is 5.22. The first kappa shape index (κ1) is 12.0. The number of rotatable bonds is 3. The van der Waals surface area contributed by atoms with Crippen LogP contribution in [0.1, 0.15) is 10.4 Å². The van der Waals surface area contributed by atoms with Crippen LogP contribution >= 0.6 is 0 Å². The number of aromatic nitrogens is 2. The van der Waals surface area contributed by atoms with E-state index in [2.05, 4.69) is 14.9 Å². The third-order valence-corrected chi connectivity index (χ3v) is 2.12. The van der Waals surface area contributed by atoms with Gasteiger partial charge in [-0.25, -0.2) is 9.18 Å². The van der Waals surface area contributed by atoms with Gasteiger partial charge in [0.15, 0.2) is 0 Å². The van der Waals surface area contributed by atoms with Gasteiger partial charge >= 0.3 is 5.97 Å². The Hall–Kier alpha value is -2.50. The summed E-state index contributed by atoms with van der Waals surface area (Å²) in [4.78, 5) is 11.4. The highest BCUT2D eigenvalue weighted by Gasteiger charge is 2.15. The summed E-state index contributed by atoms with van der Waals surface area (Å²) in [7, 11) is 1.25. The summed E-state index contributed by atoms with van der Waals surface area (Å²) in [5, 5.41) is 7.32. The van der Waals surface area contributed by atoms with Crippen LogP contribution in [0.5, 0.6) is 11.6 Å². The van der Waals surface area contributed by atoms with Crippen LogP contribution in [0, 0.1) is 5.82 Å². The van der Waals surface area contributed by atoms with Crippen molar-refractivity contribution in [3.05, 3.63) is 47.9 Å². The normalized spacial score (nSPS) is 9.89. The molecule has 5 nitrogen and oxygen atoms in total.